The van der Waals surface area contributed by atoms with Gasteiger partial charge in [-0.25, -0.2) is 4.68 Å². The number of benzene rings is 1. The van der Waals surface area contributed by atoms with Gasteiger partial charge in [0.2, 0.25) is 0 Å². The Morgan fingerprint density at radius 3 is 2.88 bits per heavy atom. The third kappa shape index (κ3) is 1.50. The first-order valence-electron chi connectivity index (χ1n) is 5.38. The summed E-state index contributed by atoms with van der Waals surface area (Å²) in [6, 6.07) is 12.4. The van der Waals surface area contributed by atoms with Gasteiger partial charge < -0.3 is 5.32 Å². The third-order valence-electron chi connectivity index (χ3n) is 2.76. The highest BCUT2D eigenvalue weighted by atomic mass is 15.3. The van der Waals surface area contributed by atoms with Gasteiger partial charge in [0, 0.05) is 12.3 Å². The summed E-state index contributed by atoms with van der Waals surface area (Å²) in [5, 5.41) is 7.71. The van der Waals surface area contributed by atoms with Crippen molar-refractivity contribution in [1.82, 2.24) is 9.78 Å². The largest absolute Gasteiger partial charge is 0.346 e. The molecule has 0 amide bonds. The number of aromatic nitrogens is 2. The Hall–Kier alpha value is -2.03. The smallest absolute Gasteiger partial charge is 0.128 e. The standard InChI is InChI=1S/C13H13N3/c1-10-7-13-14-8-12(9-16(13)15-10)11-5-3-2-4-6-11/h2-8,14H,9H2,1H3. The molecule has 0 spiro atoms. The SMILES string of the molecule is Cc1cc2n(n1)CC(c1ccccc1)=CN2. The molecule has 80 valence electrons. The van der Waals surface area contributed by atoms with E-state index < -0.39 is 0 Å². The highest BCUT2D eigenvalue weighted by molar-refractivity contribution is 5.70. The molecule has 3 nitrogen and oxygen atoms in total. The van der Waals surface area contributed by atoms with Crippen molar-refractivity contribution in [2.24, 2.45) is 0 Å². The lowest BCUT2D eigenvalue weighted by Gasteiger charge is -2.16. The average Bonchev–Trinajstić information content (AvgIpc) is 2.69. The molecule has 2 heterocycles. The molecule has 2 aromatic rings. The van der Waals surface area contributed by atoms with E-state index in [1.54, 1.807) is 0 Å². The maximum absolute atomic E-state index is 4.44. The van der Waals surface area contributed by atoms with Gasteiger partial charge in [-0.05, 0) is 18.1 Å². The zero-order valence-corrected chi connectivity index (χ0v) is 9.14. The van der Waals surface area contributed by atoms with Crippen LogP contribution >= 0.6 is 0 Å². The quantitative estimate of drug-likeness (QED) is 0.786. The van der Waals surface area contributed by atoms with Crippen molar-refractivity contribution in [2.75, 3.05) is 5.32 Å². The lowest BCUT2D eigenvalue weighted by Crippen LogP contribution is -2.12. The first-order chi connectivity index (χ1) is 7.83. The second-order valence-corrected chi connectivity index (χ2v) is 4.01. The van der Waals surface area contributed by atoms with Crippen LogP contribution in [0.5, 0.6) is 0 Å². The molecule has 0 bridgehead atoms. The predicted octanol–water partition coefficient (Wildman–Crippen LogP) is 2.66. The van der Waals surface area contributed by atoms with Crippen molar-refractivity contribution >= 4 is 11.4 Å². The lowest BCUT2D eigenvalue weighted by atomic mass is 10.1. The highest BCUT2D eigenvalue weighted by Gasteiger charge is 2.12. The number of anilines is 1. The summed E-state index contributed by atoms with van der Waals surface area (Å²) < 4.78 is 2.00. The van der Waals surface area contributed by atoms with Gasteiger partial charge in [0.05, 0.1) is 12.2 Å². The summed E-state index contributed by atoms with van der Waals surface area (Å²) in [5.74, 6) is 1.07. The average molecular weight is 211 g/mol. The highest BCUT2D eigenvalue weighted by Crippen LogP contribution is 2.23. The first kappa shape index (κ1) is 9.21. The second kappa shape index (κ2) is 3.52. The van der Waals surface area contributed by atoms with Crippen LogP contribution in [0, 0.1) is 6.92 Å². The van der Waals surface area contributed by atoms with Crippen LogP contribution in [0.25, 0.3) is 5.57 Å². The first-order valence-corrected chi connectivity index (χ1v) is 5.38. The Balaban J connectivity index is 1.94. The van der Waals surface area contributed by atoms with E-state index in [4.69, 9.17) is 0 Å². The van der Waals surface area contributed by atoms with Crippen molar-refractivity contribution in [3.63, 3.8) is 0 Å². The van der Waals surface area contributed by atoms with E-state index in [-0.39, 0.29) is 0 Å². The second-order valence-electron chi connectivity index (χ2n) is 4.01. The minimum absolute atomic E-state index is 0.834. The normalized spacial score (nSPS) is 13.9. The molecule has 0 unspecified atom stereocenters. The number of nitrogens with zero attached hydrogens (tertiary/aromatic N) is 2. The number of hydrogen-bond acceptors (Lipinski definition) is 2. The van der Waals surface area contributed by atoms with Crippen LogP contribution in [0.3, 0.4) is 0 Å². The van der Waals surface area contributed by atoms with Crippen molar-refractivity contribution in [3.8, 4) is 0 Å². The van der Waals surface area contributed by atoms with Crippen LogP contribution in [-0.4, -0.2) is 9.78 Å². The minimum Gasteiger partial charge on any atom is -0.346 e. The van der Waals surface area contributed by atoms with Gasteiger partial charge in [-0.3, -0.25) is 0 Å². The van der Waals surface area contributed by atoms with Crippen molar-refractivity contribution in [1.29, 1.82) is 0 Å². The fourth-order valence-electron chi connectivity index (χ4n) is 1.98. The van der Waals surface area contributed by atoms with Crippen molar-refractivity contribution in [2.45, 2.75) is 13.5 Å². The van der Waals surface area contributed by atoms with Crippen LogP contribution < -0.4 is 5.32 Å². The van der Waals surface area contributed by atoms with Crippen LogP contribution in [0.2, 0.25) is 0 Å². The molecule has 0 saturated carbocycles. The fourth-order valence-corrected chi connectivity index (χ4v) is 1.98. The lowest BCUT2D eigenvalue weighted by molar-refractivity contribution is 0.703. The monoisotopic (exact) mass is 211 g/mol. The molecular weight excluding hydrogens is 198 g/mol. The predicted molar refractivity (Wildman–Crippen MR) is 65.0 cm³/mol. The van der Waals surface area contributed by atoms with Gasteiger partial charge in [0.1, 0.15) is 5.82 Å². The summed E-state index contributed by atoms with van der Waals surface area (Å²) in [5.41, 5.74) is 3.55. The molecule has 1 aliphatic rings. The van der Waals surface area contributed by atoms with Crippen LogP contribution in [0.15, 0.2) is 42.6 Å². The van der Waals surface area contributed by atoms with Gasteiger partial charge >= 0.3 is 0 Å². The van der Waals surface area contributed by atoms with Gasteiger partial charge in [-0.1, -0.05) is 30.3 Å². The zero-order chi connectivity index (χ0) is 11.0. The number of nitrogens with one attached hydrogen (secondary N) is 1. The molecule has 0 aliphatic carbocycles. The van der Waals surface area contributed by atoms with E-state index in [0.29, 0.717) is 0 Å². The fraction of sp³-hybridized carbons (Fsp3) is 0.154. The Morgan fingerprint density at radius 1 is 1.25 bits per heavy atom. The molecule has 1 aromatic heterocycles. The van der Waals surface area contributed by atoms with Gasteiger partial charge in [0.25, 0.3) is 0 Å². The molecular formula is C13H13N3. The van der Waals surface area contributed by atoms with Gasteiger partial charge in [-0.2, -0.15) is 5.10 Å². The third-order valence-corrected chi connectivity index (χ3v) is 2.76. The van der Waals surface area contributed by atoms with E-state index in [0.717, 1.165) is 18.1 Å². The van der Waals surface area contributed by atoms with Crippen molar-refractivity contribution in [3.05, 3.63) is 53.9 Å². The number of aryl methyl sites for hydroxylation is 1. The minimum atomic E-state index is 0.834. The van der Waals surface area contributed by atoms with Gasteiger partial charge in [-0.15, -0.1) is 0 Å². The summed E-state index contributed by atoms with van der Waals surface area (Å²) in [7, 11) is 0. The number of fused-ring (bicyclic) bond motifs is 1. The summed E-state index contributed by atoms with van der Waals surface area (Å²) in [6.45, 7) is 2.84. The van der Waals surface area contributed by atoms with E-state index in [2.05, 4.69) is 46.9 Å². The van der Waals surface area contributed by atoms with E-state index in [9.17, 15) is 0 Å². The van der Waals surface area contributed by atoms with Crippen LogP contribution in [0.1, 0.15) is 11.3 Å². The molecule has 3 heteroatoms. The molecule has 0 atom stereocenters. The molecule has 3 rings (SSSR count). The van der Waals surface area contributed by atoms with E-state index >= 15 is 0 Å². The zero-order valence-electron chi connectivity index (χ0n) is 9.14. The summed E-state index contributed by atoms with van der Waals surface area (Å²) in [6.07, 6.45) is 2.06. The Labute approximate surface area is 94.4 Å². The van der Waals surface area contributed by atoms with Crippen LogP contribution in [0.4, 0.5) is 5.82 Å². The number of allylic oxidation sites excluding steroid dienone is 1. The van der Waals surface area contributed by atoms with Crippen LogP contribution in [-0.2, 0) is 6.54 Å². The molecule has 1 aromatic carbocycles. The molecule has 0 radical (unpaired) electrons. The maximum atomic E-state index is 4.44. The maximum Gasteiger partial charge on any atom is 0.128 e. The number of rotatable bonds is 1. The van der Waals surface area contributed by atoms with E-state index in [1.165, 1.54) is 11.1 Å². The Kier molecular flexibility index (Phi) is 2.03. The Morgan fingerprint density at radius 2 is 2.06 bits per heavy atom. The number of hydrogen-bond donors (Lipinski definition) is 1. The molecule has 0 saturated heterocycles. The van der Waals surface area contributed by atoms with Gasteiger partial charge in [0.15, 0.2) is 0 Å². The molecule has 0 fully saturated rings. The van der Waals surface area contributed by atoms with Crippen molar-refractivity contribution < 1.29 is 0 Å². The summed E-state index contributed by atoms with van der Waals surface area (Å²) >= 11 is 0. The molecule has 1 aliphatic heterocycles. The molecule has 1 N–H and O–H groups in total. The topological polar surface area (TPSA) is 29.9 Å². The molecule has 16 heavy (non-hydrogen) atoms. The van der Waals surface area contributed by atoms with E-state index in [1.807, 2.05) is 17.7 Å². The summed E-state index contributed by atoms with van der Waals surface area (Å²) in [4.78, 5) is 0. The Bertz CT molecular complexity index is 538.